The highest BCUT2D eigenvalue weighted by molar-refractivity contribution is 5.77. The van der Waals surface area contributed by atoms with Gasteiger partial charge in [0.15, 0.2) is 11.5 Å². The fourth-order valence-corrected chi connectivity index (χ4v) is 2.99. The number of fused-ring (bicyclic) bond motifs is 1. The molecule has 2 aromatic heterocycles. The summed E-state index contributed by atoms with van der Waals surface area (Å²) >= 11 is 0. The highest BCUT2D eigenvalue weighted by atomic mass is 19.4. The second-order valence-corrected chi connectivity index (χ2v) is 6.27. The molecule has 0 atom stereocenters. The molecule has 2 aromatic rings. The highest BCUT2D eigenvalue weighted by Gasteiger charge is 2.38. The van der Waals surface area contributed by atoms with Crippen LogP contribution in [0.1, 0.15) is 17.0 Å². The van der Waals surface area contributed by atoms with E-state index >= 15 is 0 Å². The van der Waals surface area contributed by atoms with Crippen LogP contribution in [0.2, 0.25) is 0 Å². The predicted molar refractivity (Wildman–Crippen MR) is 88.0 cm³/mol. The van der Waals surface area contributed by atoms with E-state index in [1.54, 1.807) is 14.0 Å². The van der Waals surface area contributed by atoms with Gasteiger partial charge in [-0.2, -0.15) is 17.7 Å². The van der Waals surface area contributed by atoms with Crippen molar-refractivity contribution in [3.05, 3.63) is 17.0 Å². The van der Waals surface area contributed by atoms with Crippen molar-refractivity contribution in [3.63, 3.8) is 0 Å². The largest absolute Gasteiger partial charge is 0.453 e. The molecule has 1 saturated heterocycles. The molecule has 1 aliphatic rings. The van der Waals surface area contributed by atoms with Gasteiger partial charge in [0.05, 0.1) is 6.54 Å². The zero-order chi connectivity index (χ0) is 19.1. The van der Waals surface area contributed by atoms with E-state index < -0.39 is 12.0 Å². The van der Waals surface area contributed by atoms with E-state index in [1.807, 2.05) is 16.7 Å². The Balaban J connectivity index is 1.89. The van der Waals surface area contributed by atoms with Gasteiger partial charge in [-0.1, -0.05) is 0 Å². The summed E-state index contributed by atoms with van der Waals surface area (Å²) < 4.78 is 40.2. The summed E-state index contributed by atoms with van der Waals surface area (Å²) in [5.41, 5.74) is 1.50. The van der Waals surface area contributed by atoms with Crippen molar-refractivity contribution < 1.29 is 18.0 Å². The summed E-state index contributed by atoms with van der Waals surface area (Å²) in [4.78, 5) is 15.4. The first-order chi connectivity index (χ1) is 12.2. The molecule has 0 unspecified atom stereocenters. The molecule has 0 spiro atoms. The maximum Gasteiger partial charge on any atom is 0.453 e. The van der Waals surface area contributed by atoms with Crippen molar-refractivity contribution in [2.24, 2.45) is 0 Å². The minimum Gasteiger partial charge on any atom is -0.358 e. The second-order valence-electron chi connectivity index (χ2n) is 6.27. The molecule has 0 radical (unpaired) electrons. The van der Waals surface area contributed by atoms with E-state index in [4.69, 9.17) is 0 Å². The molecule has 3 heterocycles. The zero-order valence-corrected chi connectivity index (χ0v) is 14.8. The predicted octanol–water partition coefficient (Wildman–Crippen LogP) is 0.628. The summed E-state index contributed by atoms with van der Waals surface area (Å²) in [6, 6.07) is 0. The number of piperazine rings is 1. The Labute approximate surface area is 148 Å². The quantitative estimate of drug-likeness (QED) is 0.853. The number of hydrogen-bond donors (Lipinski definition) is 1. The summed E-state index contributed by atoms with van der Waals surface area (Å²) in [5.74, 6) is -0.709. The maximum atomic E-state index is 13.1. The number of carbonyl (C=O) groups is 1. The van der Waals surface area contributed by atoms with E-state index in [0.717, 1.165) is 10.1 Å². The van der Waals surface area contributed by atoms with Gasteiger partial charge < -0.3 is 10.2 Å². The van der Waals surface area contributed by atoms with Crippen LogP contribution in [0.5, 0.6) is 0 Å². The molecule has 26 heavy (non-hydrogen) atoms. The van der Waals surface area contributed by atoms with Gasteiger partial charge in [-0.15, -0.1) is 15.3 Å². The SMILES string of the molecule is CNC(=O)CN1CCN(c2nn3c(C(F)(F)F)nnc3c(C)c2C)CC1. The van der Waals surface area contributed by atoms with Gasteiger partial charge >= 0.3 is 6.18 Å². The van der Waals surface area contributed by atoms with Crippen LogP contribution < -0.4 is 10.2 Å². The molecule has 8 nitrogen and oxygen atoms in total. The third kappa shape index (κ3) is 3.30. The van der Waals surface area contributed by atoms with Gasteiger partial charge in [0.1, 0.15) is 0 Å². The summed E-state index contributed by atoms with van der Waals surface area (Å²) in [7, 11) is 1.58. The van der Waals surface area contributed by atoms with Crippen molar-refractivity contribution in [2.75, 3.05) is 44.7 Å². The lowest BCUT2D eigenvalue weighted by atomic mass is 10.1. The molecule has 1 N–H and O–H groups in total. The van der Waals surface area contributed by atoms with Crippen LogP contribution in [0.3, 0.4) is 0 Å². The molecule has 0 aromatic carbocycles. The number of rotatable bonds is 3. The first kappa shape index (κ1) is 18.4. The topological polar surface area (TPSA) is 78.7 Å². The van der Waals surface area contributed by atoms with Crippen LogP contribution in [0, 0.1) is 13.8 Å². The summed E-state index contributed by atoms with van der Waals surface area (Å²) in [6.45, 7) is 6.22. The minimum atomic E-state index is -4.63. The normalized spacial score (nSPS) is 16.3. The molecule has 3 rings (SSSR count). The van der Waals surface area contributed by atoms with E-state index in [0.29, 0.717) is 44.1 Å². The third-order valence-electron chi connectivity index (χ3n) is 4.64. The lowest BCUT2D eigenvalue weighted by Crippen LogP contribution is -2.49. The number of nitrogens with zero attached hydrogens (tertiary/aromatic N) is 6. The van der Waals surface area contributed by atoms with Crippen LogP contribution in [0.15, 0.2) is 0 Å². The first-order valence-corrected chi connectivity index (χ1v) is 8.20. The van der Waals surface area contributed by atoms with E-state index in [-0.39, 0.29) is 11.6 Å². The molecule has 0 bridgehead atoms. The Hall–Kier alpha value is -2.43. The van der Waals surface area contributed by atoms with Crippen molar-refractivity contribution >= 4 is 17.4 Å². The molecule has 142 valence electrons. The Morgan fingerprint density at radius 2 is 1.77 bits per heavy atom. The van der Waals surface area contributed by atoms with Crippen LogP contribution >= 0.6 is 0 Å². The average molecular weight is 371 g/mol. The molecule has 1 fully saturated rings. The third-order valence-corrected chi connectivity index (χ3v) is 4.64. The van der Waals surface area contributed by atoms with Crippen molar-refractivity contribution in [1.29, 1.82) is 0 Å². The monoisotopic (exact) mass is 371 g/mol. The second kappa shape index (κ2) is 6.71. The van der Waals surface area contributed by atoms with Crippen molar-refractivity contribution in [2.45, 2.75) is 20.0 Å². The number of hydrogen-bond acceptors (Lipinski definition) is 6. The fourth-order valence-electron chi connectivity index (χ4n) is 2.99. The standard InChI is InChI=1S/C15H20F3N7O/c1-9-10(2)13(22-25-12(9)20-21-14(25)15(16,17)18)24-6-4-23(5-7-24)8-11(26)19-3/h4-8H2,1-3H3,(H,19,26). The number of alkyl halides is 3. The number of aryl methyl sites for hydroxylation is 1. The first-order valence-electron chi connectivity index (χ1n) is 8.20. The molecule has 0 aliphatic carbocycles. The molecule has 1 amide bonds. The molecular weight excluding hydrogens is 351 g/mol. The van der Waals surface area contributed by atoms with Gasteiger partial charge in [0.25, 0.3) is 5.82 Å². The number of nitrogens with one attached hydrogen (secondary N) is 1. The number of aromatic nitrogens is 4. The number of likely N-dealkylation sites (N-methyl/N-ethyl adjacent to an activating group) is 1. The molecule has 1 aliphatic heterocycles. The lowest BCUT2D eigenvalue weighted by molar-refractivity contribution is -0.146. The average Bonchev–Trinajstić information content (AvgIpc) is 3.03. The zero-order valence-electron chi connectivity index (χ0n) is 14.8. The summed E-state index contributed by atoms with van der Waals surface area (Å²) in [5, 5.41) is 13.7. The van der Waals surface area contributed by atoms with Crippen LogP contribution in [0.25, 0.3) is 5.65 Å². The van der Waals surface area contributed by atoms with E-state index in [9.17, 15) is 18.0 Å². The number of carbonyl (C=O) groups excluding carboxylic acids is 1. The van der Waals surface area contributed by atoms with Crippen molar-refractivity contribution in [3.8, 4) is 0 Å². The molecule has 0 saturated carbocycles. The minimum absolute atomic E-state index is 0.0654. The Kier molecular flexibility index (Phi) is 4.74. The molecular formula is C15H20F3N7O. The van der Waals surface area contributed by atoms with Gasteiger partial charge in [-0.3, -0.25) is 9.69 Å². The molecule has 11 heteroatoms. The Bertz CT molecular complexity index is 825. The lowest BCUT2D eigenvalue weighted by Gasteiger charge is -2.35. The van der Waals surface area contributed by atoms with Gasteiger partial charge in [0.2, 0.25) is 5.91 Å². The highest BCUT2D eigenvalue weighted by Crippen LogP contribution is 2.30. The number of anilines is 1. The smallest absolute Gasteiger partial charge is 0.358 e. The van der Waals surface area contributed by atoms with Crippen LogP contribution in [0.4, 0.5) is 19.0 Å². The number of halogens is 3. The van der Waals surface area contributed by atoms with Gasteiger partial charge in [0, 0.05) is 44.4 Å². The Morgan fingerprint density at radius 1 is 1.12 bits per heavy atom. The summed E-state index contributed by atoms with van der Waals surface area (Å²) in [6.07, 6.45) is -4.63. The van der Waals surface area contributed by atoms with Crippen molar-refractivity contribution in [1.82, 2.24) is 30.0 Å². The Morgan fingerprint density at radius 3 is 2.35 bits per heavy atom. The van der Waals surface area contributed by atoms with E-state index in [2.05, 4.69) is 20.6 Å². The van der Waals surface area contributed by atoms with Gasteiger partial charge in [-0.25, -0.2) is 0 Å². The maximum absolute atomic E-state index is 13.1. The number of amides is 1. The van der Waals surface area contributed by atoms with E-state index in [1.165, 1.54) is 0 Å². The van der Waals surface area contributed by atoms with Crippen LogP contribution in [-0.4, -0.2) is 70.4 Å². The van der Waals surface area contributed by atoms with Gasteiger partial charge in [-0.05, 0) is 13.8 Å². The van der Waals surface area contributed by atoms with Crippen LogP contribution in [-0.2, 0) is 11.0 Å². The fraction of sp³-hybridized carbons (Fsp3) is 0.600.